The van der Waals surface area contributed by atoms with Crippen molar-refractivity contribution >= 4 is 0 Å². The standard InChI is InChI=1S/C16H23NO2/c1-3-12-8-13(4-7-15(12)18-2)16(10-19-11-16)9-17-14-5-6-14/h4,7-8,14,17H,3,5-6,9-11H2,1-2H3. The molecule has 1 saturated heterocycles. The van der Waals surface area contributed by atoms with E-state index in [0.717, 1.165) is 38.0 Å². The van der Waals surface area contributed by atoms with E-state index in [2.05, 4.69) is 30.4 Å². The normalized spacial score (nSPS) is 20.9. The van der Waals surface area contributed by atoms with E-state index in [1.807, 2.05) is 0 Å². The van der Waals surface area contributed by atoms with Crippen molar-refractivity contribution in [3.05, 3.63) is 29.3 Å². The summed E-state index contributed by atoms with van der Waals surface area (Å²) in [6, 6.07) is 7.36. The molecule has 2 fully saturated rings. The largest absolute Gasteiger partial charge is 0.496 e. The van der Waals surface area contributed by atoms with Gasteiger partial charge in [-0.1, -0.05) is 19.1 Å². The molecule has 0 atom stereocenters. The quantitative estimate of drug-likeness (QED) is 0.852. The van der Waals surface area contributed by atoms with Gasteiger partial charge in [0.25, 0.3) is 0 Å². The molecule has 0 amide bonds. The summed E-state index contributed by atoms with van der Waals surface area (Å²) in [4.78, 5) is 0. The van der Waals surface area contributed by atoms with E-state index < -0.39 is 0 Å². The molecule has 19 heavy (non-hydrogen) atoms. The SMILES string of the molecule is CCc1cc(C2(CNC3CC3)COC2)ccc1OC. The molecule has 104 valence electrons. The Hall–Kier alpha value is -1.06. The van der Waals surface area contributed by atoms with Crippen molar-refractivity contribution in [2.24, 2.45) is 0 Å². The molecule has 1 aliphatic heterocycles. The van der Waals surface area contributed by atoms with E-state index in [-0.39, 0.29) is 5.41 Å². The minimum atomic E-state index is 0.179. The van der Waals surface area contributed by atoms with Crippen LogP contribution in [0.2, 0.25) is 0 Å². The lowest BCUT2D eigenvalue weighted by Gasteiger charge is -2.42. The molecule has 3 nitrogen and oxygen atoms in total. The minimum absolute atomic E-state index is 0.179. The molecule has 3 rings (SSSR count). The maximum Gasteiger partial charge on any atom is 0.122 e. The van der Waals surface area contributed by atoms with Gasteiger partial charge in [0.05, 0.1) is 25.7 Å². The Labute approximate surface area is 115 Å². The van der Waals surface area contributed by atoms with Crippen LogP contribution >= 0.6 is 0 Å². The molecule has 1 N–H and O–H groups in total. The zero-order valence-electron chi connectivity index (χ0n) is 11.9. The van der Waals surface area contributed by atoms with Gasteiger partial charge in [-0.3, -0.25) is 0 Å². The van der Waals surface area contributed by atoms with Gasteiger partial charge < -0.3 is 14.8 Å². The first-order chi connectivity index (χ1) is 9.27. The summed E-state index contributed by atoms with van der Waals surface area (Å²) in [6.45, 7) is 4.88. The number of benzene rings is 1. The Balaban J connectivity index is 1.81. The Bertz CT molecular complexity index is 450. The van der Waals surface area contributed by atoms with Crippen molar-refractivity contribution in [2.45, 2.75) is 37.6 Å². The first-order valence-corrected chi connectivity index (χ1v) is 7.26. The van der Waals surface area contributed by atoms with Crippen LogP contribution in [0.5, 0.6) is 5.75 Å². The van der Waals surface area contributed by atoms with Crippen molar-refractivity contribution < 1.29 is 9.47 Å². The van der Waals surface area contributed by atoms with Gasteiger partial charge in [-0.25, -0.2) is 0 Å². The lowest BCUT2D eigenvalue weighted by Crippen LogP contribution is -2.53. The number of rotatable bonds is 6. The molecule has 1 saturated carbocycles. The Morgan fingerprint density at radius 2 is 2.16 bits per heavy atom. The first-order valence-electron chi connectivity index (χ1n) is 7.26. The van der Waals surface area contributed by atoms with Gasteiger partial charge >= 0.3 is 0 Å². The minimum Gasteiger partial charge on any atom is -0.496 e. The Morgan fingerprint density at radius 3 is 2.68 bits per heavy atom. The van der Waals surface area contributed by atoms with Crippen LogP contribution in [-0.2, 0) is 16.6 Å². The van der Waals surface area contributed by atoms with E-state index in [4.69, 9.17) is 9.47 Å². The van der Waals surface area contributed by atoms with Gasteiger partial charge in [0.1, 0.15) is 5.75 Å². The fourth-order valence-corrected chi connectivity index (χ4v) is 2.73. The van der Waals surface area contributed by atoms with Gasteiger partial charge in [-0.2, -0.15) is 0 Å². The molecule has 0 aromatic heterocycles. The van der Waals surface area contributed by atoms with Crippen LogP contribution in [0.25, 0.3) is 0 Å². The topological polar surface area (TPSA) is 30.5 Å². The molecule has 2 aliphatic rings. The maximum absolute atomic E-state index is 5.50. The van der Waals surface area contributed by atoms with Crippen molar-refractivity contribution in [3.63, 3.8) is 0 Å². The molecule has 1 heterocycles. The molecule has 0 spiro atoms. The summed E-state index contributed by atoms with van der Waals surface area (Å²) in [6.07, 6.45) is 3.67. The van der Waals surface area contributed by atoms with Gasteiger partial charge in [0.15, 0.2) is 0 Å². The number of aryl methyl sites for hydroxylation is 1. The average Bonchev–Trinajstić information content (AvgIpc) is 3.21. The predicted molar refractivity (Wildman–Crippen MR) is 75.9 cm³/mol. The van der Waals surface area contributed by atoms with Crippen molar-refractivity contribution in [3.8, 4) is 5.75 Å². The van der Waals surface area contributed by atoms with Gasteiger partial charge in [-0.05, 0) is 36.5 Å². The lowest BCUT2D eigenvalue weighted by atomic mass is 9.77. The third kappa shape index (κ3) is 2.49. The van der Waals surface area contributed by atoms with E-state index >= 15 is 0 Å². The highest BCUT2D eigenvalue weighted by molar-refractivity contribution is 5.41. The molecular formula is C16H23NO2. The number of methoxy groups -OCH3 is 1. The fraction of sp³-hybridized carbons (Fsp3) is 0.625. The van der Waals surface area contributed by atoms with Crippen LogP contribution in [-0.4, -0.2) is 32.9 Å². The third-order valence-corrected chi connectivity index (χ3v) is 4.34. The number of hydrogen-bond acceptors (Lipinski definition) is 3. The summed E-state index contributed by atoms with van der Waals surface area (Å²) >= 11 is 0. The van der Waals surface area contributed by atoms with E-state index in [9.17, 15) is 0 Å². The second-order valence-corrected chi connectivity index (χ2v) is 5.81. The summed E-state index contributed by atoms with van der Waals surface area (Å²) in [5.74, 6) is 0.997. The van der Waals surface area contributed by atoms with Crippen LogP contribution in [0.4, 0.5) is 0 Å². The average molecular weight is 261 g/mol. The van der Waals surface area contributed by atoms with E-state index in [0.29, 0.717) is 0 Å². The smallest absolute Gasteiger partial charge is 0.122 e. The molecular weight excluding hydrogens is 238 g/mol. The Morgan fingerprint density at radius 1 is 1.37 bits per heavy atom. The van der Waals surface area contributed by atoms with Crippen LogP contribution in [0.3, 0.4) is 0 Å². The van der Waals surface area contributed by atoms with Gasteiger partial charge in [0, 0.05) is 12.6 Å². The summed E-state index contributed by atoms with van der Waals surface area (Å²) < 4.78 is 10.9. The van der Waals surface area contributed by atoms with Gasteiger partial charge in [-0.15, -0.1) is 0 Å². The van der Waals surface area contributed by atoms with Crippen molar-refractivity contribution in [2.75, 3.05) is 26.9 Å². The second kappa shape index (κ2) is 5.14. The molecule has 0 radical (unpaired) electrons. The van der Waals surface area contributed by atoms with E-state index in [1.165, 1.54) is 24.0 Å². The Kier molecular flexibility index (Phi) is 3.50. The molecule has 0 unspecified atom stereocenters. The zero-order chi connectivity index (χ0) is 13.3. The molecule has 1 aromatic rings. The monoisotopic (exact) mass is 261 g/mol. The summed E-state index contributed by atoms with van der Waals surface area (Å²) in [7, 11) is 1.74. The van der Waals surface area contributed by atoms with Crippen LogP contribution in [0.15, 0.2) is 18.2 Å². The van der Waals surface area contributed by atoms with Gasteiger partial charge in [0.2, 0.25) is 0 Å². The number of nitrogens with one attached hydrogen (secondary N) is 1. The summed E-state index contributed by atoms with van der Waals surface area (Å²) in [5, 5.41) is 3.65. The highest BCUT2D eigenvalue weighted by Gasteiger charge is 2.41. The van der Waals surface area contributed by atoms with E-state index in [1.54, 1.807) is 7.11 Å². The lowest BCUT2D eigenvalue weighted by molar-refractivity contribution is -0.0592. The van der Waals surface area contributed by atoms with Crippen LogP contribution < -0.4 is 10.1 Å². The highest BCUT2D eigenvalue weighted by atomic mass is 16.5. The molecule has 3 heteroatoms. The van der Waals surface area contributed by atoms with Crippen LogP contribution in [0.1, 0.15) is 30.9 Å². The highest BCUT2D eigenvalue weighted by Crippen LogP contribution is 2.35. The van der Waals surface area contributed by atoms with Crippen molar-refractivity contribution in [1.29, 1.82) is 0 Å². The first kappa shape index (κ1) is 12.9. The predicted octanol–water partition coefficient (Wildman–Crippen LogP) is 2.28. The number of hydrogen-bond donors (Lipinski definition) is 1. The molecule has 0 bridgehead atoms. The zero-order valence-corrected chi connectivity index (χ0v) is 11.9. The summed E-state index contributed by atoms with van der Waals surface area (Å²) in [5.41, 5.74) is 2.86. The third-order valence-electron chi connectivity index (χ3n) is 4.34. The second-order valence-electron chi connectivity index (χ2n) is 5.81. The molecule has 1 aromatic carbocycles. The van der Waals surface area contributed by atoms with Crippen molar-refractivity contribution in [1.82, 2.24) is 5.32 Å². The molecule has 1 aliphatic carbocycles. The maximum atomic E-state index is 5.50. The fourth-order valence-electron chi connectivity index (χ4n) is 2.73. The number of ether oxygens (including phenoxy) is 2. The van der Waals surface area contributed by atoms with Crippen LogP contribution in [0, 0.1) is 0 Å².